The highest BCUT2D eigenvalue weighted by Gasteiger charge is 2.59. The van der Waals surface area contributed by atoms with Crippen molar-refractivity contribution in [2.75, 3.05) is 0 Å². The van der Waals surface area contributed by atoms with Crippen LogP contribution in [-0.2, 0) is 9.53 Å². The van der Waals surface area contributed by atoms with Crippen molar-refractivity contribution in [2.24, 2.45) is 46.3 Å². The highest BCUT2D eigenvalue weighted by molar-refractivity contribution is 5.66. The molecule has 0 aromatic heterocycles. The molecule has 3 saturated carbocycles. The summed E-state index contributed by atoms with van der Waals surface area (Å²) in [6.45, 7) is 14.1. The van der Waals surface area contributed by atoms with Crippen LogP contribution in [0.4, 0.5) is 0 Å². The first-order valence-electron chi connectivity index (χ1n) is 13.5. The molecule has 0 aromatic carbocycles. The average molecular weight is 429 g/mol. The molecule has 4 aliphatic carbocycles. The zero-order valence-electron chi connectivity index (χ0n) is 21.2. The summed E-state index contributed by atoms with van der Waals surface area (Å²) >= 11 is 0. The topological polar surface area (TPSA) is 26.3 Å². The predicted octanol–water partition coefficient (Wildman–Crippen LogP) is 7.96. The Labute approximate surface area is 192 Å². The molecule has 0 saturated heterocycles. The Kier molecular flexibility index (Phi) is 6.68. The second-order valence-electron chi connectivity index (χ2n) is 12.8. The molecule has 0 heterocycles. The lowest BCUT2D eigenvalue weighted by Gasteiger charge is -2.58. The van der Waals surface area contributed by atoms with Crippen molar-refractivity contribution in [2.45, 2.75) is 118 Å². The lowest BCUT2D eigenvalue weighted by Crippen LogP contribution is -2.51. The second-order valence-corrected chi connectivity index (χ2v) is 12.8. The maximum atomic E-state index is 11.5. The summed E-state index contributed by atoms with van der Waals surface area (Å²) in [7, 11) is 0. The maximum absolute atomic E-state index is 11.5. The van der Waals surface area contributed by atoms with Crippen molar-refractivity contribution in [3.05, 3.63) is 11.6 Å². The van der Waals surface area contributed by atoms with Gasteiger partial charge in [-0.1, -0.05) is 65.5 Å². The molecule has 0 bridgehead atoms. The molecule has 1 unspecified atom stereocenters. The van der Waals surface area contributed by atoms with Gasteiger partial charge in [0.25, 0.3) is 0 Å². The fraction of sp³-hybridized carbons (Fsp3) is 0.897. The van der Waals surface area contributed by atoms with Crippen LogP contribution >= 0.6 is 0 Å². The summed E-state index contributed by atoms with van der Waals surface area (Å²) in [6.07, 6.45) is 17.2. The number of allylic oxidation sites excluding steroid dienone is 1. The summed E-state index contributed by atoms with van der Waals surface area (Å²) in [6, 6.07) is 0. The van der Waals surface area contributed by atoms with E-state index in [4.69, 9.17) is 4.74 Å². The van der Waals surface area contributed by atoms with E-state index < -0.39 is 0 Å². The van der Waals surface area contributed by atoms with E-state index in [1.165, 1.54) is 57.8 Å². The SMILES string of the molecule is CC(=O)O[C@H]1CC[C@@]2(C)C(=CC[C@H]3C4CC[C@H]([C@H](C)CCCC(C)C)[C@@]4(C)CC[C@@H]32)C1. The Morgan fingerprint density at radius 2 is 1.84 bits per heavy atom. The van der Waals surface area contributed by atoms with Crippen molar-refractivity contribution in [1.82, 2.24) is 0 Å². The van der Waals surface area contributed by atoms with Gasteiger partial charge in [0.05, 0.1) is 0 Å². The molecule has 0 aliphatic heterocycles. The van der Waals surface area contributed by atoms with Crippen LogP contribution in [0.15, 0.2) is 11.6 Å². The lowest BCUT2D eigenvalue weighted by atomic mass is 9.47. The smallest absolute Gasteiger partial charge is 0.302 e. The van der Waals surface area contributed by atoms with Crippen LogP contribution in [0.3, 0.4) is 0 Å². The molecule has 0 amide bonds. The van der Waals surface area contributed by atoms with Crippen LogP contribution in [0.5, 0.6) is 0 Å². The summed E-state index contributed by atoms with van der Waals surface area (Å²) < 4.78 is 5.61. The van der Waals surface area contributed by atoms with Crippen molar-refractivity contribution in [3.8, 4) is 0 Å². The molecule has 0 spiro atoms. The third kappa shape index (κ3) is 4.26. The zero-order valence-corrected chi connectivity index (χ0v) is 21.2. The Morgan fingerprint density at radius 1 is 1.06 bits per heavy atom. The summed E-state index contributed by atoms with van der Waals surface area (Å²) in [5.74, 6) is 5.19. The van der Waals surface area contributed by atoms with Gasteiger partial charge in [0.15, 0.2) is 0 Å². The monoisotopic (exact) mass is 428 g/mol. The number of carbonyl (C=O) groups is 1. The minimum absolute atomic E-state index is 0.115. The van der Waals surface area contributed by atoms with Gasteiger partial charge in [0.1, 0.15) is 6.10 Å². The lowest BCUT2D eigenvalue weighted by molar-refractivity contribution is -0.148. The summed E-state index contributed by atoms with van der Waals surface area (Å²) in [5, 5.41) is 0. The molecule has 0 aromatic rings. The van der Waals surface area contributed by atoms with Crippen molar-refractivity contribution in [3.63, 3.8) is 0 Å². The van der Waals surface area contributed by atoms with E-state index in [1.54, 1.807) is 12.5 Å². The standard InChI is InChI=1S/C29H48O2/c1-19(2)8-7-9-20(3)25-12-13-26-24-11-10-22-18-23(31-21(4)30)14-16-28(22,5)27(24)15-17-29(25,26)6/h10,19-20,23-27H,7-9,11-18H2,1-6H3/t20-,23+,24+,25-,26?,27+,28+,29-/m1/s1. The summed E-state index contributed by atoms with van der Waals surface area (Å²) in [4.78, 5) is 11.5. The number of ether oxygens (including phenoxy) is 1. The minimum atomic E-state index is -0.115. The van der Waals surface area contributed by atoms with Gasteiger partial charge >= 0.3 is 5.97 Å². The maximum Gasteiger partial charge on any atom is 0.302 e. The van der Waals surface area contributed by atoms with Gasteiger partial charge in [-0.2, -0.15) is 0 Å². The highest BCUT2D eigenvalue weighted by atomic mass is 16.5. The fourth-order valence-corrected chi connectivity index (χ4v) is 8.99. The van der Waals surface area contributed by atoms with Gasteiger partial charge in [0.2, 0.25) is 0 Å². The third-order valence-electron chi connectivity index (χ3n) is 10.6. The normalized spacial score (nSPS) is 42.9. The van der Waals surface area contributed by atoms with E-state index in [9.17, 15) is 4.79 Å². The van der Waals surface area contributed by atoms with Gasteiger partial charge < -0.3 is 4.74 Å². The molecule has 8 atom stereocenters. The Balaban J connectivity index is 1.47. The average Bonchev–Trinajstić information content (AvgIpc) is 3.05. The van der Waals surface area contributed by atoms with Gasteiger partial charge in [0, 0.05) is 13.3 Å². The number of rotatable bonds is 6. The van der Waals surface area contributed by atoms with Gasteiger partial charge in [-0.25, -0.2) is 0 Å². The first-order valence-corrected chi connectivity index (χ1v) is 13.5. The summed E-state index contributed by atoms with van der Waals surface area (Å²) in [5.41, 5.74) is 2.53. The van der Waals surface area contributed by atoms with Crippen LogP contribution in [-0.4, -0.2) is 12.1 Å². The van der Waals surface area contributed by atoms with E-state index in [0.717, 1.165) is 48.3 Å². The first kappa shape index (κ1) is 23.4. The van der Waals surface area contributed by atoms with Crippen LogP contribution < -0.4 is 0 Å². The van der Waals surface area contributed by atoms with E-state index in [-0.39, 0.29) is 12.1 Å². The quantitative estimate of drug-likeness (QED) is 0.317. The van der Waals surface area contributed by atoms with Crippen LogP contribution in [0.2, 0.25) is 0 Å². The Bertz CT molecular complexity index is 693. The molecule has 31 heavy (non-hydrogen) atoms. The number of fused-ring (bicyclic) bond motifs is 5. The first-order chi connectivity index (χ1) is 14.6. The van der Waals surface area contributed by atoms with E-state index in [0.29, 0.717) is 10.8 Å². The van der Waals surface area contributed by atoms with Gasteiger partial charge in [-0.05, 0) is 91.3 Å². The van der Waals surface area contributed by atoms with Crippen LogP contribution in [0.25, 0.3) is 0 Å². The minimum Gasteiger partial charge on any atom is -0.462 e. The molecule has 0 N–H and O–H groups in total. The molecule has 2 nitrogen and oxygen atoms in total. The molecule has 176 valence electrons. The van der Waals surface area contributed by atoms with Crippen molar-refractivity contribution < 1.29 is 9.53 Å². The molecule has 4 aliphatic rings. The fourth-order valence-electron chi connectivity index (χ4n) is 8.99. The number of hydrogen-bond acceptors (Lipinski definition) is 2. The Hall–Kier alpha value is -0.790. The number of carbonyl (C=O) groups excluding carboxylic acids is 1. The third-order valence-corrected chi connectivity index (χ3v) is 10.6. The zero-order chi connectivity index (χ0) is 22.4. The molecule has 3 fully saturated rings. The predicted molar refractivity (Wildman–Crippen MR) is 129 cm³/mol. The van der Waals surface area contributed by atoms with Crippen molar-refractivity contribution in [1.29, 1.82) is 0 Å². The highest BCUT2D eigenvalue weighted by Crippen LogP contribution is 2.67. The van der Waals surface area contributed by atoms with E-state index >= 15 is 0 Å². The second kappa shape index (κ2) is 8.86. The van der Waals surface area contributed by atoms with E-state index in [1.807, 2.05) is 0 Å². The molecule has 4 rings (SSSR count). The van der Waals surface area contributed by atoms with Crippen LogP contribution in [0, 0.1) is 46.3 Å². The number of esters is 1. The van der Waals surface area contributed by atoms with E-state index in [2.05, 4.69) is 40.7 Å². The Morgan fingerprint density at radius 3 is 2.55 bits per heavy atom. The molecular formula is C29H48O2. The molecule has 2 heteroatoms. The van der Waals surface area contributed by atoms with Gasteiger partial charge in [-0.3, -0.25) is 4.79 Å². The van der Waals surface area contributed by atoms with Gasteiger partial charge in [-0.15, -0.1) is 0 Å². The largest absolute Gasteiger partial charge is 0.462 e. The molecule has 0 radical (unpaired) electrons. The van der Waals surface area contributed by atoms with Crippen molar-refractivity contribution >= 4 is 5.97 Å². The number of hydrogen-bond donors (Lipinski definition) is 0. The molecular weight excluding hydrogens is 380 g/mol. The van der Waals surface area contributed by atoms with Crippen LogP contribution in [0.1, 0.15) is 112 Å².